The summed E-state index contributed by atoms with van der Waals surface area (Å²) >= 11 is 0. The Kier molecular flexibility index (Phi) is 6.02. The van der Waals surface area contributed by atoms with E-state index >= 15 is 0 Å². The highest BCUT2D eigenvalue weighted by molar-refractivity contribution is 5.84. The fourth-order valence-corrected chi connectivity index (χ4v) is 2.79. The number of fused-ring (bicyclic) bond motifs is 1. The molecule has 0 spiro atoms. The van der Waals surface area contributed by atoms with E-state index in [0.29, 0.717) is 16.9 Å². The summed E-state index contributed by atoms with van der Waals surface area (Å²) in [5, 5.41) is 12.4. The Bertz CT molecular complexity index is 883. The SMILES string of the molecule is COc1ccc2c(C)c(CCC(=O)N[C@@H](C(=O)O)C(C)C)c(=O)oc2c1. The molecule has 0 unspecified atom stereocenters. The molecule has 26 heavy (non-hydrogen) atoms. The molecule has 0 bridgehead atoms. The number of carbonyl (C=O) groups excluding carboxylic acids is 1. The van der Waals surface area contributed by atoms with Gasteiger partial charge in [-0.15, -0.1) is 0 Å². The summed E-state index contributed by atoms with van der Waals surface area (Å²) in [6, 6.07) is 4.26. The van der Waals surface area contributed by atoms with E-state index in [4.69, 9.17) is 14.3 Å². The minimum Gasteiger partial charge on any atom is -0.497 e. The first-order chi connectivity index (χ1) is 12.2. The highest BCUT2D eigenvalue weighted by atomic mass is 16.5. The van der Waals surface area contributed by atoms with Gasteiger partial charge < -0.3 is 19.6 Å². The van der Waals surface area contributed by atoms with Crippen LogP contribution in [-0.4, -0.2) is 30.1 Å². The molecule has 140 valence electrons. The fourth-order valence-electron chi connectivity index (χ4n) is 2.79. The van der Waals surface area contributed by atoms with E-state index in [1.807, 2.05) is 0 Å². The van der Waals surface area contributed by atoms with Crippen molar-refractivity contribution < 1.29 is 23.8 Å². The number of methoxy groups -OCH3 is 1. The molecular weight excluding hydrogens is 338 g/mol. The lowest BCUT2D eigenvalue weighted by Crippen LogP contribution is -2.44. The van der Waals surface area contributed by atoms with Crippen LogP contribution in [0.4, 0.5) is 0 Å². The molecule has 1 heterocycles. The normalized spacial score (nSPS) is 12.2. The lowest BCUT2D eigenvalue weighted by molar-refractivity contribution is -0.143. The zero-order valence-corrected chi connectivity index (χ0v) is 15.3. The molecule has 0 radical (unpaired) electrons. The number of carboxylic acid groups (broad SMARTS) is 1. The van der Waals surface area contributed by atoms with Crippen LogP contribution < -0.4 is 15.7 Å². The van der Waals surface area contributed by atoms with Gasteiger partial charge in [0.05, 0.1) is 7.11 Å². The molecule has 0 aliphatic carbocycles. The molecule has 7 heteroatoms. The maximum absolute atomic E-state index is 12.3. The van der Waals surface area contributed by atoms with E-state index in [2.05, 4.69) is 5.32 Å². The van der Waals surface area contributed by atoms with E-state index in [1.54, 1.807) is 39.0 Å². The zero-order valence-electron chi connectivity index (χ0n) is 15.3. The van der Waals surface area contributed by atoms with E-state index in [-0.39, 0.29) is 18.8 Å². The Morgan fingerprint density at radius 3 is 2.58 bits per heavy atom. The zero-order chi connectivity index (χ0) is 19.4. The molecule has 1 aromatic carbocycles. The topological polar surface area (TPSA) is 106 Å². The van der Waals surface area contributed by atoms with Gasteiger partial charge in [0.2, 0.25) is 5.91 Å². The number of carboxylic acids is 1. The van der Waals surface area contributed by atoms with Crippen molar-refractivity contribution in [2.45, 2.75) is 39.7 Å². The maximum atomic E-state index is 12.3. The van der Waals surface area contributed by atoms with Crippen LogP contribution in [0.2, 0.25) is 0 Å². The van der Waals surface area contributed by atoms with E-state index in [0.717, 1.165) is 10.9 Å². The summed E-state index contributed by atoms with van der Waals surface area (Å²) in [5.41, 5.74) is 1.07. The van der Waals surface area contributed by atoms with E-state index < -0.39 is 23.5 Å². The summed E-state index contributed by atoms with van der Waals surface area (Å²) in [6.07, 6.45) is 0.177. The first kappa shape index (κ1) is 19.5. The fraction of sp³-hybridized carbons (Fsp3) is 0.421. The summed E-state index contributed by atoms with van der Waals surface area (Å²) in [5.74, 6) is -1.15. The summed E-state index contributed by atoms with van der Waals surface area (Å²) < 4.78 is 10.5. The van der Waals surface area contributed by atoms with Gasteiger partial charge in [0.15, 0.2) is 0 Å². The van der Waals surface area contributed by atoms with Gasteiger partial charge in [0.25, 0.3) is 0 Å². The van der Waals surface area contributed by atoms with Gasteiger partial charge in [-0.3, -0.25) is 4.79 Å². The highest BCUT2D eigenvalue weighted by Gasteiger charge is 2.23. The number of hydrogen-bond donors (Lipinski definition) is 2. The number of hydrogen-bond acceptors (Lipinski definition) is 5. The number of nitrogens with one attached hydrogen (secondary N) is 1. The van der Waals surface area contributed by atoms with Gasteiger partial charge in [-0.25, -0.2) is 9.59 Å². The Balaban J connectivity index is 2.19. The van der Waals surface area contributed by atoms with Crippen molar-refractivity contribution in [1.29, 1.82) is 0 Å². The van der Waals surface area contributed by atoms with Crippen molar-refractivity contribution in [3.63, 3.8) is 0 Å². The highest BCUT2D eigenvalue weighted by Crippen LogP contribution is 2.24. The van der Waals surface area contributed by atoms with Crippen LogP contribution in [-0.2, 0) is 16.0 Å². The molecule has 2 aromatic rings. The number of benzene rings is 1. The Hall–Kier alpha value is -2.83. The number of aliphatic carboxylic acids is 1. The van der Waals surface area contributed by atoms with Crippen molar-refractivity contribution in [3.05, 3.63) is 39.7 Å². The smallest absolute Gasteiger partial charge is 0.339 e. The number of carbonyl (C=O) groups is 2. The molecule has 0 fully saturated rings. The molecule has 0 aliphatic heterocycles. The van der Waals surface area contributed by atoms with E-state index in [9.17, 15) is 14.4 Å². The first-order valence-electron chi connectivity index (χ1n) is 8.37. The Labute approximate surface area is 151 Å². The molecule has 1 amide bonds. The Morgan fingerprint density at radius 1 is 1.31 bits per heavy atom. The van der Waals surface area contributed by atoms with Crippen LogP contribution in [0.15, 0.2) is 27.4 Å². The number of aryl methyl sites for hydroxylation is 1. The molecule has 2 N–H and O–H groups in total. The molecule has 0 saturated carbocycles. The van der Waals surface area contributed by atoms with Crippen molar-refractivity contribution in [3.8, 4) is 5.75 Å². The first-order valence-corrected chi connectivity index (χ1v) is 8.37. The van der Waals surface area contributed by atoms with Crippen LogP contribution >= 0.6 is 0 Å². The molecular formula is C19H23NO6. The van der Waals surface area contributed by atoms with Gasteiger partial charge in [-0.05, 0) is 37.0 Å². The predicted octanol–water partition coefficient (Wildman–Crippen LogP) is 2.27. The molecule has 7 nitrogen and oxygen atoms in total. The predicted molar refractivity (Wildman–Crippen MR) is 96.5 cm³/mol. The third-order valence-corrected chi connectivity index (χ3v) is 4.35. The van der Waals surface area contributed by atoms with Gasteiger partial charge in [0.1, 0.15) is 17.4 Å². The molecule has 2 rings (SSSR count). The second kappa shape index (κ2) is 8.03. The molecule has 0 saturated heterocycles. The van der Waals surface area contributed by atoms with Gasteiger partial charge in [-0.2, -0.15) is 0 Å². The Morgan fingerprint density at radius 2 is 2.00 bits per heavy atom. The minimum absolute atomic E-state index is 0.00373. The lowest BCUT2D eigenvalue weighted by atomic mass is 10.0. The average Bonchev–Trinajstić information content (AvgIpc) is 2.58. The monoisotopic (exact) mass is 361 g/mol. The van der Waals surface area contributed by atoms with Gasteiger partial charge >= 0.3 is 11.6 Å². The number of rotatable bonds is 7. The quantitative estimate of drug-likeness (QED) is 0.733. The maximum Gasteiger partial charge on any atom is 0.339 e. The minimum atomic E-state index is -1.08. The molecule has 1 atom stereocenters. The third kappa shape index (κ3) is 4.22. The van der Waals surface area contributed by atoms with Gasteiger partial charge in [0, 0.05) is 23.4 Å². The molecule has 0 aliphatic rings. The van der Waals surface area contributed by atoms with Crippen LogP contribution in [0.3, 0.4) is 0 Å². The van der Waals surface area contributed by atoms with Crippen molar-refractivity contribution in [2.24, 2.45) is 5.92 Å². The second-order valence-corrected chi connectivity index (χ2v) is 6.48. The average molecular weight is 361 g/mol. The summed E-state index contributed by atoms with van der Waals surface area (Å²) in [4.78, 5) is 35.5. The van der Waals surface area contributed by atoms with Crippen molar-refractivity contribution >= 4 is 22.8 Å². The van der Waals surface area contributed by atoms with Crippen LogP contribution in [0.25, 0.3) is 11.0 Å². The summed E-state index contributed by atoms with van der Waals surface area (Å²) in [6.45, 7) is 5.23. The largest absolute Gasteiger partial charge is 0.497 e. The van der Waals surface area contributed by atoms with Crippen molar-refractivity contribution in [2.75, 3.05) is 7.11 Å². The van der Waals surface area contributed by atoms with Crippen molar-refractivity contribution in [1.82, 2.24) is 5.32 Å². The number of ether oxygens (including phenoxy) is 1. The number of amides is 1. The third-order valence-electron chi connectivity index (χ3n) is 4.35. The van der Waals surface area contributed by atoms with Gasteiger partial charge in [-0.1, -0.05) is 13.8 Å². The molecule has 1 aromatic heterocycles. The van der Waals surface area contributed by atoms with Crippen LogP contribution in [0.5, 0.6) is 5.75 Å². The second-order valence-electron chi connectivity index (χ2n) is 6.48. The van der Waals surface area contributed by atoms with Crippen LogP contribution in [0.1, 0.15) is 31.4 Å². The standard InChI is InChI=1S/C19H23NO6/c1-10(2)17(18(22)23)20-16(21)8-7-14-11(3)13-6-5-12(25-4)9-15(13)26-19(14)24/h5-6,9-10,17H,7-8H2,1-4H3,(H,20,21)(H,22,23)/t17-/m1/s1. The summed E-state index contributed by atoms with van der Waals surface area (Å²) in [7, 11) is 1.53. The van der Waals surface area contributed by atoms with Crippen LogP contribution in [0, 0.1) is 12.8 Å². The lowest BCUT2D eigenvalue weighted by Gasteiger charge is -2.18. The van der Waals surface area contributed by atoms with E-state index in [1.165, 1.54) is 7.11 Å².